The summed E-state index contributed by atoms with van der Waals surface area (Å²) in [5.41, 5.74) is 2.13. The van der Waals surface area contributed by atoms with Gasteiger partial charge in [0.1, 0.15) is 0 Å². The summed E-state index contributed by atoms with van der Waals surface area (Å²) in [4.78, 5) is 13.3. The summed E-state index contributed by atoms with van der Waals surface area (Å²) in [5.74, 6) is -0.0215. The summed E-state index contributed by atoms with van der Waals surface area (Å²) >= 11 is 1.52. The molecule has 7 heteroatoms. The number of carbonyl (C=O) groups is 1. The number of hydrogen-bond donors (Lipinski definition) is 2. The molecule has 1 unspecified atom stereocenters. The Balaban J connectivity index is 1.80. The second kappa shape index (κ2) is 8.51. The molecule has 2 rings (SSSR count). The Kier molecular flexibility index (Phi) is 6.64. The number of rotatable bonds is 7. The summed E-state index contributed by atoms with van der Waals surface area (Å²) in [6, 6.07) is 14.4. The third-order valence-electron chi connectivity index (χ3n) is 3.67. The summed E-state index contributed by atoms with van der Waals surface area (Å²) < 4.78 is 22.4. The molecule has 1 amide bonds. The normalized spacial score (nSPS) is 12.6. The van der Waals surface area contributed by atoms with Crippen molar-refractivity contribution in [3.8, 4) is 0 Å². The molecule has 0 aromatic heterocycles. The van der Waals surface area contributed by atoms with Gasteiger partial charge in [0.2, 0.25) is 15.9 Å². The van der Waals surface area contributed by atoms with Crippen molar-refractivity contribution in [3.63, 3.8) is 0 Å². The minimum Gasteiger partial charge on any atom is -0.355 e. The molecule has 2 aromatic carbocycles. The molecular weight excluding hydrogens is 356 g/mol. The van der Waals surface area contributed by atoms with Crippen LogP contribution in [0.4, 0.5) is 0 Å². The van der Waals surface area contributed by atoms with E-state index in [4.69, 9.17) is 5.14 Å². The molecule has 0 heterocycles. The first-order chi connectivity index (χ1) is 11.8. The molecule has 0 aliphatic carbocycles. The Morgan fingerprint density at radius 3 is 2.28 bits per heavy atom. The van der Waals surface area contributed by atoms with Crippen molar-refractivity contribution >= 4 is 27.7 Å². The highest BCUT2D eigenvalue weighted by Crippen LogP contribution is 2.23. The zero-order valence-electron chi connectivity index (χ0n) is 14.2. The third-order valence-corrected chi connectivity index (χ3v) is 5.71. The molecule has 0 saturated carbocycles. The Bertz CT molecular complexity index is 816. The second-order valence-electron chi connectivity index (χ2n) is 5.80. The first-order valence-corrected chi connectivity index (χ1v) is 10.3. The molecular formula is C18H22N2O3S2. The zero-order chi connectivity index (χ0) is 18.4. The van der Waals surface area contributed by atoms with E-state index in [9.17, 15) is 13.2 Å². The molecule has 134 valence electrons. The fraction of sp³-hybridized carbons (Fsp3) is 0.278. The molecule has 25 heavy (non-hydrogen) atoms. The molecule has 0 aliphatic rings. The lowest BCUT2D eigenvalue weighted by atomic mass is 10.1. The van der Waals surface area contributed by atoms with Crippen molar-refractivity contribution in [1.29, 1.82) is 0 Å². The smallest absolute Gasteiger partial charge is 0.238 e. The number of nitrogens with one attached hydrogen (secondary N) is 1. The predicted octanol–water partition coefficient (Wildman–Crippen LogP) is 2.48. The largest absolute Gasteiger partial charge is 0.355 e. The van der Waals surface area contributed by atoms with Crippen molar-refractivity contribution in [2.45, 2.75) is 35.3 Å². The maximum Gasteiger partial charge on any atom is 0.238 e. The van der Waals surface area contributed by atoms with Crippen molar-refractivity contribution in [2.75, 3.05) is 6.54 Å². The average molecular weight is 379 g/mol. The Hall–Kier alpha value is -1.83. The molecule has 0 spiro atoms. The average Bonchev–Trinajstić information content (AvgIpc) is 2.56. The molecule has 0 radical (unpaired) electrons. The van der Waals surface area contributed by atoms with Crippen molar-refractivity contribution in [2.24, 2.45) is 5.14 Å². The van der Waals surface area contributed by atoms with Gasteiger partial charge < -0.3 is 5.32 Å². The third kappa shape index (κ3) is 6.19. The Morgan fingerprint density at radius 1 is 1.12 bits per heavy atom. The van der Waals surface area contributed by atoms with Gasteiger partial charge in [0, 0.05) is 11.4 Å². The summed E-state index contributed by atoms with van der Waals surface area (Å²) in [6.45, 7) is 4.40. The number of hydrogen-bond acceptors (Lipinski definition) is 4. The van der Waals surface area contributed by atoms with Crippen LogP contribution in [0.3, 0.4) is 0 Å². The van der Waals surface area contributed by atoms with Gasteiger partial charge in [-0.15, -0.1) is 11.8 Å². The van der Waals surface area contributed by atoms with Gasteiger partial charge in [-0.2, -0.15) is 0 Å². The minimum absolute atomic E-state index is 0.0215. The number of carbonyl (C=O) groups excluding carboxylic acids is 1. The van der Waals surface area contributed by atoms with E-state index in [1.54, 1.807) is 12.1 Å². The van der Waals surface area contributed by atoms with Crippen LogP contribution in [0.1, 0.15) is 18.1 Å². The molecule has 0 saturated heterocycles. The zero-order valence-corrected chi connectivity index (χ0v) is 15.9. The van der Waals surface area contributed by atoms with Crippen LogP contribution in [0.5, 0.6) is 0 Å². The van der Waals surface area contributed by atoms with Crippen LogP contribution in [0.25, 0.3) is 0 Å². The summed E-state index contributed by atoms with van der Waals surface area (Å²) in [5, 5.41) is 7.78. The van der Waals surface area contributed by atoms with E-state index in [2.05, 4.69) is 5.32 Å². The van der Waals surface area contributed by atoms with Gasteiger partial charge in [0.15, 0.2) is 0 Å². The summed E-state index contributed by atoms with van der Waals surface area (Å²) in [6.07, 6.45) is 0.624. The van der Waals surface area contributed by atoms with Crippen LogP contribution < -0.4 is 10.5 Å². The molecule has 0 bridgehead atoms. The molecule has 2 aromatic rings. The van der Waals surface area contributed by atoms with Crippen LogP contribution >= 0.6 is 11.8 Å². The number of primary sulfonamides is 1. The Labute approximate surface area is 153 Å². The van der Waals surface area contributed by atoms with Gasteiger partial charge in [-0.3, -0.25) is 4.79 Å². The van der Waals surface area contributed by atoms with Crippen LogP contribution in [-0.4, -0.2) is 26.1 Å². The molecule has 1 atom stereocenters. The maximum atomic E-state index is 12.2. The lowest BCUT2D eigenvalue weighted by molar-refractivity contribution is -0.120. The van der Waals surface area contributed by atoms with Gasteiger partial charge in [-0.05, 0) is 50.1 Å². The highest BCUT2D eigenvalue weighted by molar-refractivity contribution is 8.00. The quantitative estimate of drug-likeness (QED) is 0.725. The SMILES string of the molecule is Cc1ccc(SC(C)C(=O)NCCc2ccc(S(N)(=O)=O)cc2)cc1. The second-order valence-corrected chi connectivity index (χ2v) is 8.78. The minimum atomic E-state index is -3.67. The van der Waals surface area contributed by atoms with E-state index >= 15 is 0 Å². The maximum absolute atomic E-state index is 12.2. The van der Waals surface area contributed by atoms with Crippen molar-refractivity contribution in [1.82, 2.24) is 5.32 Å². The lowest BCUT2D eigenvalue weighted by Crippen LogP contribution is -2.32. The van der Waals surface area contributed by atoms with Crippen LogP contribution in [0.2, 0.25) is 0 Å². The topological polar surface area (TPSA) is 89.3 Å². The number of aryl methyl sites for hydroxylation is 1. The number of thioether (sulfide) groups is 1. The number of nitrogens with two attached hydrogens (primary N) is 1. The molecule has 0 fully saturated rings. The van der Waals surface area contributed by atoms with Gasteiger partial charge >= 0.3 is 0 Å². The van der Waals surface area contributed by atoms with E-state index in [1.807, 2.05) is 38.1 Å². The van der Waals surface area contributed by atoms with E-state index in [-0.39, 0.29) is 16.1 Å². The van der Waals surface area contributed by atoms with Gasteiger partial charge in [0.25, 0.3) is 0 Å². The van der Waals surface area contributed by atoms with Gasteiger partial charge in [-0.25, -0.2) is 13.6 Å². The van der Waals surface area contributed by atoms with E-state index in [1.165, 1.54) is 29.5 Å². The first-order valence-electron chi connectivity index (χ1n) is 7.88. The van der Waals surface area contributed by atoms with E-state index < -0.39 is 10.0 Å². The van der Waals surface area contributed by atoms with Crippen LogP contribution in [-0.2, 0) is 21.2 Å². The van der Waals surface area contributed by atoms with Crippen LogP contribution in [0, 0.1) is 6.92 Å². The van der Waals surface area contributed by atoms with E-state index in [0.717, 1.165) is 10.5 Å². The van der Waals surface area contributed by atoms with Gasteiger partial charge in [-0.1, -0.05) is 29.8 Å². The highest BCUT2D eigenvalue weighted by Gasteiger charge is 2.14. The summed E-state index contributed by atoms with van der Waals surface area (Å²) in [7, 11) is -3.67. The van der Waals surface area contributed by atoms with Crippen molar-refractivity contribution in [3.05, 3.63) is 59.7 Å². The molecule has 0 aliphatic heterocycles. The number of amides is 1. The predicted molar refractivity (Wildman–Crippen MR) is 101 cm³/mol. The van der Waals surface area contributed by atoms with Crippen molar-refractivity contribution < 1.29 is 13.2 Å². The fourth-order valence-electron chi connectivity index (χ4n) is 2.19. The molecule has 5 nitrogen and oxygen atoms in total. The number of sulfonamides is 1. The molecule has 3 N–H and O–H groups in total. The first kappa shape index (κ1) is 19.5. The lowest BCUT2D eigenvalue weighted by Gasteiger charge is -2.12. The Morgan fingerprint density at radius 2 is 1.72 bits per heavy atom. The van der Waals surface area contributed by atoms with Gasteiger partial charge in [0.05, 0.1) is 10.1 Å². The van der Waals surface area contributed by atoms with E-state index in [0.29, 0.717) is 13.0 Å². The number of benzene rings is 2. The fourth-order valence-corrected chi connectivity index (χ4v) is 3.60. The monoisotopic (exact) mass is 378 g/mol. The van der Waals surface area contributed by atoms with Crippen LogP contribution in [0.15, 0.2) is 58.3 Å². The highest BCUT2D eigenvalue weighted by atomic mass is 32.2. The standard InChI is InChI=1S/C18H22N2O3S2/c1-13-3-7-16(8-4-13)24-14(2)18(21)20-12-11-15-5-9-17(10-6-15)25(19,22)23/h3-10,14H,11-12H2,1-2H3,(H,20,21)(H2,19,22,23).